The highest BCUT2D eigenvalue weighted by atomic mass is 19.3. The first-order valence-electron chi connectivity index (χ1n) is 5.92. The van der Waals surface area contributed by atoms with Crippen LogP contribution in [0.2, 0.25) is 0 Å². The van der Waals surface area contributed by atoms with Gasteiger partial charge in [-0.15, -0.1) is 0 Å². The lowest BCUT2D eigenvalue weighted by molar-refractivity contribution is -0.0512. The molecule has 0 aliphatic rings. The number of nitrogens with one attached hydrogen (secondary N) is 1. The van der Waals surface area contributed by atoms with Crippen LogP contribution in [0.4, 0.5) is 8.78 Å². The van der Waals surface area contributed by atoms with Crippen molar-refractivity contribution in [1.29, 1.82) is 0 Å². The molecule has 0 aromatic heterocycles. The minimum atomic E-state index is -2.87. The minimum absolute atomic E-state index is 0.0385. The molecule has 1 N–H and O–H groups in total. The summed E-state index contributed by atoms with van der Waals surface area (Å²) < 4.78 is 39.0. The highest BCUT2D eigenvalue weighted by Gasteiger charge is 2.11. The Morgan fingerprint density at radius 1 is 1.21 bits per heavy atom. The first kappa shape index (κ1) is 15.7. The summed E-state index contributed by atoms with van der Waals surface area (Å²) in [6, 6.07) is 4.94. The summed E-state index contributed by atoms with van der Waals surface area (Å²) >= 11 is 0. The van der Waals surface area contributed by atoms with Crippen molar-refractivity contribution < 1.29 is 23.0 Å². The molecular formula is C13H19F2NO3. The molecule has 1 atom stereocenters. The Balaban J connectivity index is 2.64. The predicted molar refractivity (Wildman–Crippen MR) is 67.8 cm³/mol. The molecule has 4 nitrogen and oxygen atoms in total. The van der Waals surface area contributed by atoms with Gasteiger partial charge in [0.05, 0.1) is 13.2 Å². The third kappa shape index (κ3) is 5.40. The molecule has 6 heteroatoms. The maximum atomic E-state index is 12.3. The van der Waals surface area contributed by atoms with Crippen molar-refractivity contribution in [2.75, 3.05) is 20.8 Å². The van der Waals surface area contributed by atoms with Gasteiger partial charge < -0.3 is 19.5 Å². The van der Waals surface area contributed by atoms with E-state index in [1.54, 1.807) is 19.2 Å². The zero-order valence-electron chi connectivity index (χ0n) is 11.3. The van der Waals surface area contributed by atoms with E-state index in [-0.39, 0.29) is 17.6 Å². The van der Waals surface area contributed by atoms with Gasteiger partial charge in [-0.25, -0.2) is 0 Å². The third-order valence-corrected chi connectivity index (χ3v) is 2.61. The molecule has 108 valence electrons. The number of benzene rings is 1. The Morgan fingerprint density at radius 2 is 1.95 bits per heavy atom. The molecule has 0 radical (unpaired) electrons. The molecule has 1 unspecified atom stereocenters. The number of methoxy groups -OCH3 is 2. The van der Waals surface area contributed by atoms with Gasteiger partial charge in [0.25, 0.3) is 0 Å². The zero-order chi connectivity index (χ0) is 14.3. The molecule has 1 rings (SSSR count). The maximum absolute atomic E-state index is 12.3. The summed E-state index contributed by atoms with van der Waals surface area (Å²) in [6.45, 7) is 0.280. The van der Waals surface area contributed by atoms with Crippen molar-refractivity contribution in [1.82, 2.24) is 5.32 Å². The number of hydrogen-bond donors (Lipinski definition) is 1. The molecule has 1 aromatic rings. The van der Waals surface area contributed by atoms with E-state index >= 15 is 0 Å². The number of alkyl halides is 2. The lowest BCUT2D eigenvalue weighted by atomic mass is 10.2. The van der Waals surface area contributed by atoms with Gasteiger partial charge in [0.1, 0.15) is 0 Å². The summed E-state index contributed by atoms with van der Waals surface area (Å²) in [4.78, 5) is 0. The maximum Gasteiger partial charge on any atom is 0.387 e. The second-order valence-electron chi connectivity index (χ2n) is 4.04. The molecule has 0 fully saturated rings. The van der Waals surface area contributed by atoms with Crippen molar-refractivity contribution in [2.45, 2.75) is 26.2 Å². The quantitative estimate of drug-likeness (QED) is 0.791. The summed E-state index contributed by atoms with van der Waals surface area (Å²) in [6.07, 6.45) is 0.0926. The van der Waals surface area contributed by atoms with Crippen LogP contribution in [0, 0.1) is 0 Å². The molecule has 19 heavy (non-hydrogen) atoms. The number of ether oxygens (including phenoxy) is 3. The first-order chi connectivity index (χ1) is 9.06. The molecule has 0 saturated heterocycles. The first-order valence-corrected chi connectivity index (χ1v) is 5.92. The molecule has 0 heterocycles. The summed E-state index contributed by atoms with van der Waals surface area (Å²) in [5.74, 6) is 0.325. The van der Waals surface area contributed by atoms with E-state index in [1.165, 1.54) is 13.2 Å². The number of hydrogen-bond acceptors (Lipinski definition) is 4. The van der Waals surface area contributed by atoms with Crippen LogP contribution in [-0.4, -0.2) is 33.5 Å². The van der Waals surface area contributed by atoms with Crippen molar-refractivity contribution in [3.8, 4) is 11.5 Å². The lowest BCUT2D eigenvalue weighted by Crippen LogP contribution is -2.25. The second kappa shape index (κ2) is 7.91. The second-order valence-corrected chi connectivity index (χ2v) is 4.04. The van der Waals surface area contributed by atoms with Gasteiger partial charge in [-0.2, -0.15) is 8.78 Å². The van der Waals surface area contributed by atoms with Crippen LogP contribution in [-0.2, 0) is 11.3 Å². The van der Waals surface area contributed by atoms with Gasteiger partial charge in [-0.1, -0.05) is 6.07 Å². The standard InChI is InChI=1S/C13H19F2NO3/c1-9(17-2)7-16-8-10-4-5-11(18-3)12(6-10)19-13(14)15/h4-6,9,13,16H,7-8H2,1-3H3. The van der Waals surface area contributed by atoms with E-state index in [4.69, 9.17) is 9.47 Å². The Bertz CT molecular complexity index is 388. The van der Waals surface area contributed by atoms with Gasteiger partial charge in [0.15, 0.2) is 11.5 Å². The van der Waals surface area contributed by atoms with Crippen LogP contribution in [0.15, 0.2) is 18.2 Å². The van der Waals surface area contributed by atoms with Gasteiger partial charge in [-0.3, -0.25) is 0 Å². The normalized spacial score (nSPS) is 12.5. The largest absolute Gasteiger partial charge is 0.493 e. The van der Waals surface area contributed by atoms with E-state index in [0.717, 1.165) is 5.56 Å². The Morgan fingerprint density at radius 3 is 2.53 bits per heavy atom. The molecule has 0 amide bonds. The Hall–Kier alpha value is -1.40. The average Bonchev–Trinajstić information content (AvgIpc) is 2.38. The smallest absolute Gasteiger partial charge is 0.387 e. The van der Waals surface area contributed by atoms with Crippen LogP contribution in [0.5, 0.6) is 11.5 Å². The highest BCUT2D eigenvalue weighted by Crippen LogP contribution is 2.29. The summed E-state index contributed by atoms with van der Waals surface area (Å²) in [7, 11) is 3.04. The Kier molecular flexibility index (Phi) is 6.52. The van der Waals surface area contributed by atoms with Crippen LogP contribution >= 0.6 is 0 Å². The number of rotatable bonds is 8. The van der Waals surface area contributed by atoms with Crippen molar-refractivity contribution in [3.63, 3.8) is 0 Å². The molecule has 0 spiro atoms. The molecule has 1 aromatic carbocycles. The third-order valence-electron chi connectivity index (χ3n) is 2.61. The van der Waals surface area contributed by atoms with Crippen LogP contribution in [0.25, 0.3) is 0 Å². The highest BCUT2D eigenvalue weighted by molar-refractivity contribution is 5.42. The monoisotopic (exact) mass is 275 g/mol. The fraction of sp³-hybridized carbons (Fsp3) is 0.538. The van der Waals surface area contributed by atoms with Crippen molar-refractivity contribution in [3.05, 3.63) is 23.8 Å². The van der Waals surface area contributed by atoms with E-state index in [2.05, 4.69) is 10.1 Å². The lowest BCUT2D eigenvalue weighted by Gasteiger charge is -2.13. The van der Waals surface area contributed by atoms with Crippen molar-refractivity contribution in [2.24, 2.45) is 0 Å². The van der Waals surface area contributed by atoms with Gasteiger partial charge in [0, 0.05) is 20.2 Å². The fourth-order valence-electron chi connectivity index (χ4n) is 1.52. The van der Waals surface area contributed by atoms with Crippen LogP contribution < -0.4 is 14.8 Å². The molecular weight excluding hydrogens is 256 g/mol. The molecule has 0 saturated carbocycles. The van der Waals surface area contributed by atoms with E-state index in [0.29, 0.717) is 13.1 Å². The Labute approximate surface area is 111 Å². The topological polar surface area (TPSA) is 39.7 Å². The number of halogens is 2. The van der Waals surface area contributed by atoms with Crippen LogP contribution in [0.3, 0.4) is 0 Å². The van der Waals surface area contributed by atoms with Gasteiger partial charge in [0.2, 0.25) is 0 Å². The average molecular weight is 275 g/mol. The fourth-order valence-corrected chi connectivity index (χ4v) is 1.52. The van der Waals surface area contributed by atoms with E-state index in [9.17, 15) is 8.78 Å². The summed E-state index contributed by atoms with van der Waals surface area (Å²) in [5, 5.41) is 3.16. The van der Waals surface area contributed by atoms with Crippen LogP contribution in [0.1, 0.15) is 12.5 Å². The van der Waals surface area contributed by atoms with E-state index in [1.807, 2.05) is 6.92 Å². The minimum Gasteiger partial charge on any atom is -0.493 e. The SMILES string of the molecule is COc1ccc(CNCC(C)OC)cc1OC(F)F. The molecule has 0 aliphatic heterocycles. The van der Waals surface area contributed by atoms with E-state index < -0.39 is 6.61 Å². The zero-order valence-corrected chi connectivity index (χ0v) is 11.3. The van der Waals surface area contributed by atoms with Gasteiger partial charge >= 0.3 is 6.61 Å². The van der Waals surface area contributed by atoms with Crippen molar-refractivity contribution >= 4 is 0 Å². The van der Waals surface area contributed by atoms with Gasteiger partial charge in [-0.05, 0) is 24.6 Å². The molecule has 0 bridgehead atoms. The summed E-state index contributed by atoms with van der Waals surface area (Å²) in [5.41, 5.74) is 0.833. The predicted octanol–water partition coefficient (Wildman–Crippen LogP) is 2.42. The molecule has 0 aliphatic carbocycles.